The van der Waals surface area contributed by atoms with Crippen molar-refractivity contribution < 1.29 is 14.0 Å². The van der Waals surface area contributed by atoms with Gasteiger partial charge in [-0.05, 0) is 61.5 Å². The number of aromatic nitrogens is 2. The number of fused-ring (bicyclic) bond motifs is 3. The third-order valence-electron chi connectivity index (χ3n) is 4.38. The lowest BCUT2D eigenvalue weighted by Gasteiger charge is -2.11. The summed E-state index contributed by atoms with van der Waals surface area (Å²) in [5.74, 6) is -2.13. The number of hydrogen-bond acceptors (Lipinski definition) is 3. The Kier molecular flexibility index (Phi) is 2.21. The van der Waals surface area contributed by atoms with E-state index in [0.29, 0.717) is 22.6 Å². The van der Waals surface area contributed by atoms with Crippen molar-refractivity contribution in [1.29, 1.82) is 0 Å². The van der Waals surface area contributed by atoms with Crippen molar-refractivity contribution in [2.24, 2.45) is 0 Å². The van der Waals surface area contributed by atoms with Crippen LogP contribution in [-0.4, -0.2) is 9.97 Å². The first-order valence-corrected chi connectivity index (χ1v) is 8.02. The van der Waals surface area contributed by atoms with Crippen LogP contribution in [0.2, 0.25) is 0 Å². The van der Waals surface area contributed by atoms with Gasteiger partial charge < -0.3 is 4.42 Å². The monoisotopic (exact) mass is 337 g/mol. The van der Waals surface area contributed by atoms with Crippen molar-refractivity contribution in [2.75, 3.05) is 0 Å². The molecule has 0 spiro atoms. The van der Waals surface area contributed by atoms with Crippen LogP contribution < -0.4 is 0 Å². The van der Waals surface area contributed by atoms with E-state index in [1.54, 1.807) is 6.07 Å². The molecular formula is C22H22N2O. The van der Waals surface area contributed by atoms with Crippen LogP contribution in [-0.2, 0) is 0 Å². The van der Waals surface area contributed by atoms with Crippen molar-refractivity contribution >= 4 is 22.1 Å². The van der Waals surface area contributed by atoms with Gasteiger partial charge in [-0.1, -0.05) is 25.9 Å². The lowest BCUT2D eigenvalue weighted by atomic mass is 9.98. The standard InChI is InChI=1S/C22H22N2O/c1-12(2)18-11-23-19(10-13(18)3)16-7-6-8-17-20-14(4)9-15(5)24-22(20)25-21(16)17/h6-12H,1-5H3/i1D3,3D3,12D. The number of nitrogens with zero attached hydrogens (tertiary/aromatic N) is 2. The summed E-state index contributed by atoms with van der Waals surface area (Å²) in [7, 11) is 0. The summed E-state index contributed by atoms with van der Waals surface area (Å²) in [4.78, 5) is 8.84. The molecule has 4 rings (SSSR count). The minimum absolute atomic E-state index is 0.147. The summed E-state index contributed by atoms with van der Waals surface area (Å²) >= 11 is 0. The Hall–Kier alpha value is -2.68. The van der Waals surface area contributed by atoms with Gasteiger partial charge in [-0.15, -0.1) is 0 Å². The van der Waals surface area contributed by atoms with Crippen LogP contribution in [0.4, 0.5) is 0 Å². The lowest BCUT2D eigenvalue weighted by Crippen LogP contribution is -1.95. The second-order valence-corrected chi connectivity index (χ2v) is 6.29. The molecule has 25 heavy (non-hydrogen) atoms. The Morgan fingerprint density at radius 3 is 2.88 bits per heavy atom. The smallest absolute Gasteiger partial charge is 0.227 e. The Labute approximate surface area is 157 Å². The maximum Gasteiger partial charge on any atom is 0.227 e. The molecule has 126 valence electrons. The largest absolute Gasteiger partial charge is 0.437 e. The molecule has 0 fully saturated rings. The van der Waals surface area contributed by atoms with Gasteiger partial charge in [-0.2, -0.15) is 0 Å². The van der Waals surface area contributed by atoms with Crippen molar-refractivity contribution in [3.05, 3.63) is 58.9 Å². The quantitative estimate of drug-likeness (QED) is 0.444. The number of hydrogen-bond donors (Lipinski definition) is 0. The SMILES string of the molecule is [2H]C([2H])([2H])c1cc(-c2cccc3c2oc2nc(C)cc(C)c23)ncc1C([2H])(C)C([2H])([2H])[2H]. The van der Waals surface area contributed by atoms with Gasteiger partial charge in [0.25, 0.3) is 0 Å². The average molecular weight is 337 g/mol. The minimum atomic E-state index is -2.73. The van der Waals surface area contributed by atoms with Crippen LogP contribution in [0, 0.1) is 20.7 Å². The molecule has 0 aliphatic carbocycles. The fraction of sp³-hybridized carbons (Fsp3) is 0.273. The molecule has 0 N–H and O–H groups in total. The zero-order valence-electron chi connectivity index (χ0n) is 21.3. The highest BCUT2D eigenvalue weighted by Crippen LogP contribution is 2.36. The first-order valence-electron chi connectivity index (χ1n) is 11.5. The van der Waals surface area contributed by atoms with E-state index in [2.05, 4.69) is 9.97 Å². The van der Waals surface area contributed by atoms with Crippen LogP contribution in [0.5, 0.6) is 0 Å². The first-order chi connectivity index (χ1) is 14.7. The number of para-hydroxylation sites is 1. The van der Waals surface area contributed by atoms with Crippen molar-refractivity contribution in [3.8, 4) is 11.3 Å². The topological polar surface area (TPSA) is 38.9 Å². The van der Waals surface area contributed by atoms with Crippen LogP contribution >= 0.6 is 0 Å². The normalized spacial score (nSPS) is 19.2. The van der Waals surface area contributed by atoms with E-state index in [4.69, 9.17) is 14.0 Å². The van der Waals surface area contributed by atoms with Gasteiger partial charge in [-0.3, -0.25) is 4.98 Å². The van der Waals surface area contributed by atoms with Crippen molar-refractivity contribution in [3.63, 3.8) is 0 Å². The van der Waals surface area contributed by atoms with Crippen molar-refractivity contribution in [2.45, 2.75) is 40.4 Å². The Bertz CT molecular complexity index is 1350. The molecule has 4 aromatic rings. The lowest BCUT2D eigenvalue weighted by molar-refractivity contribution is 0.653. The van der Waals surface area contributed by atoms with E-state index in [1.165, 1.54) is 19.2 Å². The number of aryl methyl sites for hydroxylation is 3. The molecule has 1 aromatic carbocycles. The molecule has 3 heteroatoms. The zero-order chi connectivity index (χ0) is 23.6. The van der Waals surface area contributed by atoms with Crippen molar-refractivity contribution in [1.82, 2.24) is 9.97 Å². The maximum absolute atomic E-state index is 8.38. The van der Waals surface area contributed by atoms with E-state index in [0.717, 1.165) is 22.0 Å². The van der Waals surface area contributed by atoms with E-state index in [1.807, 2.05) is 32.0 Å². The number of rotatable bonds is 2. The van der Waals surface area contributed by atoms with Gasteiger partial charge in [0, 0.05) is 32.4 Å². The summed E-state index contributed by atoms with van der Waals surface area (Å²) in [5.41, 5.74) is 3.36. The highest BCUT2D eigenvalue weighted by atomic mass is 16.3. The highest BCUT2D eigenvalue weighted by molar-refractivity contribution is 6.09. The molecule has 0 saturated heterocycles. The molecule has 0 amide bonds. The van der Waals surface area contributed by atoms with E-state index in [-0.39, 0.29) is 11.1 Å². The summed E-state index contributed by atoms with van der Waals surface area (Å²) in [6.07, 6.45) is 1.19. The number of furan rings is 1. The molecular weight excluding hydrogens is 308 g/mol. The summed E-state index contributed by atoms with van der Waals surface area (Å²) < 4.78 is 61.5. The molecule has 1 atom stereocenters. The molecule has 0 radical (unpaired) electrons. The van der Waals surface area contributed by atoms with E-state index < -0.39 is 19.6 Å². The fourth-order valence-corrected chi connectivity index (χ4v) is 3.25. The van der Waals surface area contributed by atoms with Crippen LogP contribution in [0.15, 0.2) is 40.9 Å². The molecule has 3 aromatic heterocycles. The van der Waals surface area contributed by atoms with Gasteiger partial charge in [0.2, 0.25) is 5.71 Å². The van der Waals surface area contributed by atoms with Crippen LogP contribution in [0.25, 0.3) is 33.3 Å². The molecule has 0 aliphatic rings. The van der Waals surface area contributed by atoms with E-state index >= 15 is 0 Å². The van der Waals surface area contributed by atoms with Crippen LogP contribution in [0.3, 0.4) is 0 Å². The molecule has 3 nitrogen and oxygen atoms in total. The van der Waals surface area contributed by atoms with Crippen LogP contribution in [0.1, 0.15) is 51.6 Å². The molecule has 0 aliphatic heterocycles. The third-order valence-corrected chi connectivity index (χ3v) is 4.38. The van der Waals surface area contributed by atoms with Gasteiger partial charge in [0.1, 0.15) is 5.58 Å². The molecule has 0 saturated carbocycles. The molecule has 0 bridgehead atoms. The first kappa shape index (κ1) is 9.71. The molecule has 1 unspecified atom stereocenters. The summed E-state index contributed by atoms with van der Waals surface area (Å²) in [5, 5.41) is 1.71. The van der Waals surface area contributed by atoms with Gasteiger partial charge in [-0.25, -0.2) is 4.98 Å². The second-order valence-electron chi connectivity index (χ2n) is 6.29. The zero-order valence-corrected chi connectivity index (χ0v) is 14.3. The van der Waals surface area contributed by atoms with Gasteiger partial charge >= 0.3 is 0 Å². The predicted octanol–water partition coefficient (Wildman–Crippen LogP) is 6.09. The van der Waals surface area contributed by atoms with Gasteiger partial charge in [0.15, 0.2) is 0 Å². The maximum atomic E-state index is 8.38. The Morgan fingerprint density at radius 1 is 1.20 bits per heavy atom. The summed E-state index contributed by atoms with van der Waals surface area (Å²) in [6, 6.07) is 8.81. The predicted molar refractivity (Wildman–Crippen MR) is 103 cm³/mol. The Balaban J connectivity index is 2.00. The molecule has 3 heterocycles. The number of pyridine rings is 2. The summed E-state index contributed by atoms with van der Waals surface area (Å²) in [6.45, 7) is -0.315. The fourth-order valence-electron chi connectivity index (χ4n) is 3.25. The Morgan fingerprint density at radius 2 is 2.08 bits per heavy atom. The van der Waals surface area contributed by atoms with Gasteiger partial charge in [0.05, 0.1) is 11.1 Å². The number of benzene rings is 1. The minimum Gasteiger partial charge on any atom is -0.437 e. The second kappa shape index (κ2) is 5.69. The third kappa shape index (κ3) is 2.51. The average Bonchev–Trinajstić information content (AvgIpc) is 3.04. The highest BCUT2D eigenvalue weighted by Gasteiger charge is 2.16. The van der Waals surface area contributed by atoms with E-state index in [9.17, 15) is 0 Å².